The van der Waals surface area contributed by atoms with Gasteiger partial charge in [-0.2, -0.15) is 0 Å². The third-order valence-corrected chi connectivity index (χ3v) is 4.60. The number of carbonyl (C=O) groups is 2. The second kappa shape index (κ2) is 8.56. The summed E-state index contributed by atoms with van der Waals surface area (Å²) in [6, 6.07) is 9.47. The molecule has 1 fully saturated rings. The van der Waals surface area contributed by atoms with Gasteiger partial charge in [0.2, 0.25) is 5.91 Å². The number of hydrogen-bond acceptors (Lipinski definition) is 3. The van der Waals surface area contributed by atoms with Gasteiger partial charge in [-0.05, 0) is 49.1 Å². The number of amides is 2. The number of likely N-dealkylation sites (tertiary alicyclic amines) is 1. The number of halogens is 1. The molecule has 2 aromatic rings. The molecule has 1 atom stereocenters. The molecule has 6 heteroatoms. The highest BCUT2D eigenvalue weighted by Crippen LogP contribution is 2.17. The van der Waals surface area contributed by atoms with Crippen LogP contribution in [0.2, 0.25) is 0 Å². The lowest BCUT2D eigenvalue weighted by Crippen LogP contribution is -2.49. The molecule has 0 radical (unpaired) electrons. The van der Waals surface area contributed by atoms with Crippen LogP contribution in [0.5, 0.6) is 0 Å². The lowest BCUT2D eigenvalue weighted by molar-refractivity contribution is -0.135. The van der Waals surface area contributed by atoms with Crippen molar-refractivity contribution in [3.05, 3.63) is 65.7 Å². The largest absolute Gasteiger partial charge is 0.350 e. The van der Waals surface area contributed by atoms with Crippen LogP contribution in [-0.2, 0) is 11.2 Å². The highest BCUT2D eigenvalue weighted by molar-refractivity contribution is 5.94. The zero-order valence-electron chi connectivity index (χ0n) is 14.5. The Morgan fingerprint density at radius 1 is 1.23 bits per heavy atom. The Hall–Kier alpha value is -2.76. The molecule has 3 rings (SSSR count). The number of nitrogens with zero attached hydrogens (tertiary/aromatic N) is 2. The van der Waals surface area contributed by atoms with Gasteiger partial charge in [-0.3, -0.25) is 14.6 Å². The van der Waals surface area contributed by atoms with Crippen LogP contribution in [0.4, 0.5) is 4.39 Å². The molecular weight excluding hydrogens is 333 g/mol. The predicted molar refractivity (Wildman–Crippen MR) is 96.0 cm³/mol. The number of pyridine rings is 1. The van der Waals surface area contributed by atoms with Crippen LogP contribution >= 0.6 is 0 Å². The summed E-state index contributed by atoms with van der Waals surface area (Å²) in [5, 5.41) is 2.90. The van der Waals surface area contributed by atoms with E-state index in [1.54, 1.807) is 30.6 Å². The van der Waals surface area contributed by atoms with Gasteiger partial charge in [-0.25, -0.2) is 4.39 Å². The van der Waals surface area contributed by atoms with E-state index >= 15 is 0 Å². The second-order valence-electron chi connectivity index (χ2n) is 6.48. The first-order valence-corrected chi connectivity index (χ1v) is 8.85. The lowest BCUT2D eigenvalue weighted by atomic mass is 10.0. The molecule has 2 heterocycles. The minimum atomic E-state index is -0.299. The summed E-state index contributed by atoms with van der Waals surface area (Å²) in [6.45, 7) is 0.993. The first-order valence-electron chi connectivity index (χ1n) is 8.85. The number of rotatable bonds is 6. The molecule has 1 saturated heterocycles. The van der Waals surface area contributed by atoms with E-state index in [2.05, 4.69) is 10.3 Å². The third kappa shape index (κ3) is 4.65. The van der Waals surface area contributed by atoms with Gasteiger partial charge in [0.1, 0.15) is 5.82 Å². The first kappa shape index (κ1) is 18.0. The van der Waals surface area contributed by atoms with Crippen molar-refractivity contribution in [2.45, 2.75) is 31.7 Å². The van der Waals surface area contributed by atoms with Crippen molar-refractivity contribution >= 4 is 11.8 Å². The average Bonchev–Trinajstić information content (AvgIpc) is 2.66. The summed E-state index contributed by atoms with van der Waals surface area (Å²) < 4.78 is 13.5. The Morgan fingerprint density at radius 3 is 2.77 bits per heavy atom. The van der Waals surface area contributed by atoms with E-state index in [0.717, 1.165) is 18.4 Å². The quantitative estimate of drug-likeness (QED) is 0.866. The standard InChI is InChI=1S/C20H22FN3O2/c21-17-5-3-4-15(12-17)13-18(24-11-2-1-6-19(24)25)14-23-20(26)16-7-9-22-10-8-16/h3-5,7-10,12,18H,1-2,6,11,13-14H2,(H,23,26). The summed E-state index contributed by atoms with van der Waals surface area (Å²) in [4.78, 5) is 30.4. The Kier molecular flexibility index (Phi) is 5.94. The predicted octanol–water partition coefficient (Wildman–Crippen LogP) is 2.57. The molecule has 0 aliphatic carbocycles. The van der Waals surface area contributed by atoms with Gasteiger partial charge >= 0.3 is 0 Å². The number of carbonyl (C=O) groups excluding carboxylic acids is 2. The van der Waals surface area contributed by atoms with E-state index in [9.17, 15) is 14.0 Å². The Labute approximate surface area is 152 Å². The fourth-order valence-corrected chi connectivity index (χ4v) is 3.26. The Balaban J connectivity index is 1.72. The minimum absolute atomic E-state index is 0.0933. The Bertz CT molecular complexity index is 767. The number of hydrogen-bond donors (Lipinski definition) is 1. The molecule has 1 aromatic heterocycles. The van der Waals surface area contributed by atoms with Crippen molar-refractivity contribution in [1.82, 2.24) is 15.2 Å². The fourth-order valence-electron chi connectivity index (χ4n) is 3.26. The molecule has 136 valence electrons. The minimum Gasteiger partial charge on any atom is -0.350 e. The monoisotopic (exact) mass is 355 g/mol. The van der Waals surface area contributed by atoms with Crippen LogP contribution in [0, 0.1) is 5.82 Å². The molecule has 2 amide bonds. The SMILES string of the molecule is O=C(NCC(Cc1cccc(F)c1)N1CCCCC1=O)c1ccncc1. The summed E-state index contributed by atoms with van der Waals surface area (Å²) in [5.41, 5.74) is 1.33. The van der Waals surface area contributed by atoms with E-state index in [1.165, 1.54) is 12.1 Å². The van der Waals surface area contributed by atoms with Crippen LogP contribution in [0.3, 0.4) is 0 Å². The lowest BCUT2D eigenvalue weighted by Gasteiger charge is -2.35. The van der Waals surface area contributed by atoms with Crippen molar-refractivity contribution in [3.8, 4) is 0 Å². The molecule has 1 aromatic carbocycles. The smallest absolute Gasteiger partial charge is 0.251 e. The molecule has 5 nitrogen and oxygen atoms in total. The number of benzene rings is 1. The van der Waals surface area contributed by atoms with E-state index in [1.807, 2.05) is 11.0 Å². The molecule has 1 aliphatic rings. The van der Waals surface area contributed by atoms with Gasteiger partial charge in [0.15, 0.2) is 0 Å². The average molecular weight is 355 g/mol. The van der Waals surface area contributed by atoms with Crippen molar-refractivity contribution < 1.29 is 14.0 Å². The number of aromatic nitrogens is 1. The number of piperidine rings is 1. The fraction of sp³-hybridized carbons (Fsp3) is 0.350. The molecule has 0 spiro atoms. The third-order valence-electron chi connectivity index (χ3n) is 4.60. The maximum Gasteiger partial charge on any atom is 0.251 e. The van der Waals surface area contributed by atoms with Crippen molar-refractivity contribution in [2.24, 2.45) is 0 Å². The van der Waals surface area contributed by atoms with Gasteiger partial charge in [0.25, 0.3) is 5.91 Å². The normalized spacial score (nSPS) is 15.6. The molecule has 1 unspecified atom stereocenters. The van der Waals surface area contributed by atoms with Gasteiger partial charge < -0.3 is 10.2 Å². The molecular formula is C20H22FN3O2. The summed E-state index contributed by atoms with van der Waals surface area (Å²) in [5.74, 6) is -0.413. The molecule has 0 saturated carbocycles. The highest BCUT2D eigenvalue weighted by Gasteiger charge is 2.26. The van der Waals surface area contributed by atoms with E-state index < -0.39 is 0 Å². The second-order valence-corrected chi connectivity index (χ2v) is 6.48. The van der Waals surface area contributed by atoms with Gasteiger partial charge in [-0.1, -0.05) is 12.1 Å². The maximum absolute atomic E-state index is 13.5. The van der Waals surface area contributed by atoms with Crippen LogP contribution in [0.25, 0.3) is 0 Å². The van der Waals surface area contributed by atoms with Gasteiger partial charge in [0, 0.05) is 37.5 Å². The van der Waals surface area contributed by atoms with E-state index in [0.29, 0.717) is 31.5 Å². The summed E-state index contributed by atoms with van der Waals surface area (Å²) in [7, 11) is 0. The van der Waals surface area contributed by atoms with E-state index in [4.69, 9.17) is 0 Å². The summed E-state index contributed by atoms with van der Waals surface area (Å²) in [6.07, 6.45) is 5.99. The van der Waals surface area contributed by atoms with Crippen LogP contribution in [0.1, 0.15) is 35.2 Å². The molecule has 0 bridgehead atoms. The molecule has 1 aliphatic heterocycles. The van der Waals surface area contributed by atoms with Gasteiger partial charge in [-0.15, -0.1) is 0 Å². The van der Waals surface area contributed by atoms with Crippen molar-refractivity contribution in [3.63, 3.8) is 0 Å². The van der Waals surface area contributed by atoms with Crippen LogP contribution in [0.15, 0.2) is 48.8 Å². The first-order chi connectivity index (χ1) is 12.6. The van der Waals surface area contributed by atoms with Crippen LogP contribution < -0.4 is 5.32 Å². The summed E-state index contributed by atoms with van der Waals surface area (Å²) >= 11 is 0. The van der Waals surface area contributed by atoms with Crippen molar-refractivity contribution in [1.29, 1.82) is 0 Å². The number of nitrogens with one attached hydrogen (secondary N) is 1. The molecule has 26 heavy (non-hydrogen) atoms. The highest BCUT2D eigenvalue weighted by atomic mass is 19.1. The van der Waals surface area contributed by atoms with Gasteiger partial charge in [0.05, 0.1) is 6.04 Å². The Morgan fingerprint density at radius 2 is 2.04 bits per heavy atom. The topological polar surface area (TPSA) is 62.3 Å². The van der Waals surface area contributed by atoms with Crippen LogP contribution in [-0.4, -0.2) is 40.8 Å². The zero-order valence-corrected chi connectivity index (χ0v) is 14.5. The molecule has 1 N–H and O–H groups in total. The maximum atomic E-state index is 13.5. The van der Waals surface area contributed by atoms with Crippen molar-refractivity contribution in [2.75, 3.05) is 13.1 Å². The van der Waals surface area contributed by atoms with E-state index in [-0.39, 0.29) is 23.7 Å². The zero-order chi connectivity index (χ0) is 18.4.